The van der Waals surface area contributed by atoms with Gasteiger partial charge in [0.1, 0.15) is 0 Å². The van der Waals surface area contributed by atoms with E-state index >= 15 is 0 Å². The zero-order valence-corrected chi connectivity index (χ0v) is 14.3. The molecule has 1 N–H and O–H groups in total. The van der Waals surface area contributed by atoms with E-state index < -0.39 is 0 Å². The third-order valence-electron chi connectivity index (χ3n) is 3.97. The van der Waals surface area contributed by atoms with Gasteiger partial charge in [0.2, 0.25) is 0 Å². The molecule has 0 radical (unpaired) electrons. The molecular weight excluding hydrogens is 262 g/mol. The molecule has 0 aliphatic heterocycles. The Balaban J connectivity index is 2.50. The summed E-state index contributed by atoms with van der Waals surface area (Å²) in [5, 5.41) is 8.33. The van der Waals surface area contributed by atoms with Crippen LogP contribution in [0.15, 0.2) is 12.3 Å². The molecule has 0 saturated carbocycles. The van der Waals surface area contributed by atoms with E-state index in [-0.39, 0.29) is 0 Å². The van der Waals surface area contributed by atoms with Crippen LogP contribution in [0.25, 0.3) is 0 Å². The van der Waals surface area contributed by atoms with Crippen LogP contribution in [0.1, 0.15) is 65.1 Å². The van der Waals surface area contributed by atoms with Crippen LogP contribution in [0.4, 0.5) is 0 Å². The van der Waals surface area contributed by atoms with Gasteiger partial charge in [-0.3, -0.25) is 4.68 Å². The van der Waals surface area contributed by atoms with Gasteiger partial charge in [0, 0.05) is 31.9 Å². The Bertz CT molecular complexity index is 361. The summed E-state index contributed by atoms with van der Waals surface area (Å²) in [6, 6.07) is 3.21. The lowest BCUT2D eigenvalue weighted by atomic mass is 10.1. The largest absolute Gasteiger partial charge is 0.382 e. The van der Waals surface area contributed by atoms with E-state index in [1.165, 1.54) is 5.69 Å². The van der Waals surface area contributed by atoms with Crippen LogP contribution in [0.3, 0.4) is 0 Å². The molecule has 0 aliphatic rings. The number of ether oxygens (including phenoxy) is 1. The average molecular weight is 295 g/mol. The predicted octanol–water partition coefficient (Wildman–Crippen LogP) is 3.58. The maximum atomic E-state index is 5.43. The topological polar surface area (TPSA) is 39.1 Å². The summed E-state index contributed by atoms with van der Waals surface area (Å²) in [5.41, 5.74) is 1.20. The smallest absolute Gasteiger partial charge is 0.0640 e. The molecule has 1 aromatic rings. The fourth-order valence-electron chi connectivity index (χ4n) is 2.75. The molecule has 1 atom stereocenters. The molecule has 1 heterocycles. The molecule has 0 aliphatic carbocycles. The van der Waals surface area contributed by atoms with Crippen molar-refractivity contribution in [2.75, 3.05) is 19.8 Å². The van der Waals surface area contributed by atoms with Gasteiger partial charge >= 0.3 is 0 Å². The molecule has 0 amide bonds. The van der Waals surface area contributed by atoms with Crippen molar-refractivity contribution in [3.8, 4) is 0 Å². The second-order valence-corrected chi connectivity index (χ2v) is 5.56. The molecule has 0 aromatic carbocycles. The van der Waals surface area contributed by atoms with Crippen molar-refractivity contribution in [3.63, 3.8) is 0 Å². The van der Waals surface area contributed by atoms with E-state index in [1.807, 2.05) is 6.92 Å². The minimum Gasteiger partial charge on any atom is -0.382 e. The quantitative estimate of drug-likeness (QED) is 0.599. The molecule has 0 bridgehead atoms. The first-order valence-corrected chi connectivity index (χ1v) is 8.60. The van der Waals surface area contributed by atoms with E-state index in [0.29, 0.717) is 12.1 Å². The van der Waals surface area contributed by atoms with E-state index in [1.54, 1.807) is 0 Å². The molecule has 122 valence electrons. The van der Waals surface area contributed by atoms with E-state index in [4.69, 9.17) is 9.84 Å². The summed E-state index contributed by atoms with van der Waals surface area (Å²) in [6.07, 6.45) is 7.68. The number of rotatable bonds is 12. The summed E-state index contributed by atoms with van der Waals surface area (Å²) < 4.78 is 7.57. The van der Waals surface area contributed by atoms with Crippen LogP contribution in [-0.2, 0) is 11.2 Å². The molecule has 1 unspecified atom stereocenters. The van der Waals surface area contributed by atoms with Crippen LogP contribution >= 0.6 is 0 Å². The van der Waals surface area contributed by atoms with Crippen LogP contribution < -0.4 is 5.32 Å². The van der Waals surface area contributed by atoms with Crippen molar-refractivity contribution in [1.82, 2.24) is 15.1 Å². The SMILES string of the molecule is CCNC(CCCOCC)Cc1ccn(C(CC)CC)n1. The summed E-state index contributed by atoms with van der Waals surface area (Å²) >= 11 is 0. The third-order valence-corrected chi connectivity index (χ3v) is 3.97. The highest BCUT2D eigenvalue weighted by molar-refractivity contribution is 5.02. The van der Waals surface area contributed by atoms with Gasteiger partial charge in [-0.05, 0) is 45.2 Å². The summed E-state index contributed by atoms with van der Waals surface area (Å²) in [6.45, 7) is 11.3. The summed E-state index contributed by atoms with van der Waals surface area (Å²) in [5.74, 6) is 0. The first-order valence-electron chi connectivity index (χ1n) is 8.60. The van der Waals surface area contributed by atoms with Crippen molar-refractivity contribution in [2.24, 2.45) is 0 Å². The predicted molar refractivity (Wildman–Crippen MR) is 88.7 cm³/mol. The molecule has 0 fully saturated rings. The first kappa shape index (κ1) is 18.2. The molecule has 4 heteroatoms. The lowest BCUT2D eigenvalue weighted by Crippen LogP contribution is -2.31. The highest BCUT2D eigenvalue weighted by Gasteiger charge is 2.12. The lowest BCUT2D eigenvalue weighted by Gasteiger charge is -2.17. The second-order valence-electron chi connectivity index (χ2n) is 5.56. The van der Waals surface area contributed by atoms with Crippen molar-refractivity contribution in [3.05, 3.63) is 18.0 Å². The Morgan fingerprint density at radius 1 is 1.24 bits per heavy atom. The highest BCUT2D eigenvalue weighted by Crippen LogP contribution is 2.15. The van der Waals surface area contributed by atoms with Crippen LogP contribution in [0, 0.1) is 0 Å². The number of nitrogens with one attached hydrogen (secondary N) is 1. The van der Waals surface area contributed by atoms with Crippen molar-refractivity contribution >= 4 is 0 Å². The summed E-state index contributed by atoms with van der Waals surface area (Å²) in [7, 11) is 0. The lowest BCUT2D eigenvalue weighted by molar-refractivity contribution is 0.140. The maximum Gasteiger partial charge on any atom is 0.0640 e. The van der Waals surface area contributed by atoms with Crippen molar-refractivity contribution < 1.29 is 4.74 Å². The normalized spacial score (nSPS) is 13.0. The van der Waals surface area contributed by atoms with E-state index in [2.05, 4.69) is 43.0 Å². The number of hydrogen-bond acceptors (Lipinski definition) is 3. The Kier molecular flexibility index (Phi) is 9.35. The molecule has 1 rings (SSSR count). The van der Waals surface area contributed by atoms with Crippen LogP contribution in [0.2, 0.25) is 0 Å². The second kappa shape index (κ2) is 10.8. The minimum absolute atomic E-state index is 0.500. The van der Waals surface area contributed by atoms with Gasteiger partial charge in [0.25, 0.3) is 0 Å². The van der Waals surface area contributed by atoms with Gasteiger partial charge in [0.05, 0.1) is 11.7 Å². The Morgan fingerprint density at radius 3 is 2.62 bits per heavy atom. The Morgan fingerprint density at radius 2 is 2.00 bits per heavy atom. The first-order chi connectivity index (χ1) is 10.2. The Labute approximate surface area is 130 Å². The maximum absolute atomic E-state index is 5.43. The molecule has 0 saturated heterocycles. The zero-order valence-electron chi connectivity index (χ0n) is 14.3. The van der Waals surface area contributed by atoms with Gasteiger partial charge in [-0.2, -0.15) is 5.10 Å². The fourth-order valence-corrected chi connectivity index (χ4v) is 2.75. The van der Waals surface area contributed by atoms with Crippen LogP contribution in [-0.4, -0.2) is 35.6 Å². The van der Waals surface area contributed by atoms with Crippen molar-refractivity contribution in [2.45, 2.75) is 71.9 Å². The number of aromatic nitrogens is 2. The average Bonchev–Trinajstić information content (AvgIpc) is 2.93. The molecule has 4 nitrogen and oxygen atoms in total. The van der Waals surface area contributed by atoms with Gasteiger partial charge in [-0.1, -0.05) is 20.8 Å². The molecular formula is C17H33N3O. The summed E-state index contributed by atoms with van der Waals surface area (Å²) in [4.78, 5) is 0. The molecule has 0 spiro atoms. The minimum atomic E-state index is 0.500. The van der Waals surface area contributed by atoms with E-state index in [9.17, 15) is 0 Å². The number of nitrogens with zero attached hydrogens (tertiary/aromatic N) is 2. The van der Waals surface area contributed by atoms with Gasteiger partial charge < -0.3 is 10.1 Å². The number of hydrogen-bond donors (Lipinski definition) is 1. The number of likely N-dealkylation sites (N-methyl/N-ethyl adjacent to an activating group) is 1. The molecule has 1 aromatic heterocycles. The fraction of sp³-hybridized carbons (Fsp3) is 0.824. The Hall–Kier alpha value is -0.870. The van der Waals surface area contributed by atoms with Gasteiger partial charge in [-0.25, -0.2) is 0 Å². The van der Waals surface area contributed by atoms with Gasteiger partial charge in [-0.15, -0.1) is 0 Å². The zero-order chi connectivity index (χ0) is 15.5. The highest BCUT2D eigenvalue weighted by atomic mass is 16.5. The van der Waals surface area contributed by atoms with Gasteiger partial charge in [0.15, 0.2) is 0 Å². The van der Waals surface area contributed by atoms with Crippen molar-refractivity contribution in [1.29, 1.82) is 0 Å². The van der Waals surface area contributed by atoms with E-state index in [0.717, 1.165) is 51.9 Å². The monoisotopic (exact) mass is 295 g/mol. The van der Waals surface area contributed by atoms with Crippen LogP contribution in [0.5, 0.6) is 0 Å². The standard InChI is InChI=1S/C17H33N3O/c1-5-17(6-2)20-12-11-16(19-20)14-15(18-7-3)10-9-13-21-8-4/h11-12,15,17-18H,5-10,13-14H2,1-4H3. The third kappa shape index (κ3) is 6.62. The molecule has 21 heavy (non-hydrogen) atoms.